The normalized spacial score (nSPS) is 12.0. The van der Waals surface area contributed by atoms with E-state index in [1.54, 1.807) is 18.5 Å². The van der Waals surface area contributed by atoms with Gasteiger partial charge in [0.2, 0.25) is 10.0 Å². The quantitative estimate of drug-likeness (QED) is 0.701. The number of aryl methyl sites for hydroxylation is 1. The van der Waals surface area contributed by atoms with E-state index in [1.807, 2.05) is 6.92 Å². The monoisotopic (exact) mass is 246 g/mol. The highest BCUT2D eigenvalue weighted by molar-refractivity contribution is 7.89. The van der Waals surface area contributed by atoms with Crippen LogP contribution < -0.4 is 10.5 Å². The minimum absolute atomic E-state index is 0.143. The van der Waals surface area contributed by atoms with Crippen LogP contribution in [0.5, 0.6) is 0 Å². The zero-order chi connectivity index (χ0) is 12.3. The fraction of sp³-hybridized carbons (Fsp3) is 0.667. The minimum Gasteiger partial charge on any atom is -0.315 e. The molecule has 1 aromatic rings. The Morgan fingerprint density at radius 1 is 1.44 bits per heavy atom. The molecule has 0 bridgehead atoms. The van der Waals surface area contributed by atoms with E-state index >= 15 is 0 Å². The molecule has 1 aromatic heterocycles. The summed E-state index contributed by atoms with van der Waals surface area (Å²) < 4.78 is 24.3. The SMILES string of the molecule is CCNCCn1nc(C)c(S(N)(=O)=O)c1C. The van der Waals surface area contributed by atoms with Gasteiger partial charge in [-0.1, -0.05) is 6.92 Å². The van der Waals surface area contributed by atoms with Gasteiger partial charge in [0.25, 0.3) is 0 Å². The highest BCUT2D eigenvalue weighted by atomic mass is 32.2. The molecule has 1 rings (SSSR count). The standard InChI is InChI=1S/C9H18N4O2S/c1-4-11-5-6-13-8(3)9(7(2)12-13)16(10,14)15/h11H,4-6H2,1-3H3,(H2,10,14,15). The summed E-state index contributed by atoms with van der Waals surface area (Å²) >= 11 is 0. The maximum absolute atomic E-state index is 11.3. The Labute approximate surface area is 95.9 Å². The molecule has 0 unspecified atom stereocenters. The van der Waals surface area contributed by atoms with E-state index in [9.17, 15) is 8.42 Å². The van der Waals surface area contributed by atoms with Crippen molar-refractivity contribution in [2.45, 2.75) is 32.2 Å². The Kier molecular flexibility index (Phi) is 4.06. The largest absolute Gasteiger partial charge is 0.315 e. The number of nitrogens with two attached hydrogens (primary N) is 1. The van der Waals surface area contributed by atoms with Crippen LogP contribution in [-0.4, -0.2) is 31.3 Å². The van der Waals surface area contributed by atoms with E-state index < -0.39 is 10.0 Å². The van der Waals surface area contributed by atoms with E-state index in [1.165, 1.54) is 0 Å². The predicted octanol–water partition coefficient (Wildman–Crippen LogP) is -0.243. The fourth-order valence-corrected chi connectivity index (χ4v) is 2.64. The minimum atomic E-state index is -3.68. The van der Waals surface area contributed by atoms with Crippen molar-refractivity contribution < 1.29 is 8.42 Å². The van der Waals surface area contributed by atoms with E-state index in [4.69, 9.17) is 5.14 Å². The molecule has 0 amide bonds. The van der Waals surface area contributed by atoms with Gasteiger partial charge >= 0.3 is 0 Å². The lowest BCUT2D eigenvalue weighted by Gasteiger charge is -2.04. The molecule has 3 N–H and O–H groups in total. The molecule has 0 aromatic carbocycles. The first-order valence-corrected chi connectivity index (χ1v) is 6.70. The third-order valence-corrected chi connectivity index (χ3v) is 3.51. The molecule has 0 saturated carbocycles. The van der Waals surface area contributed by atoms with Crippen molar-refractivity contribution in [1.82, 2.24) is 15.1 Å². The number of nitrogens with zero attached hydrogens (tertiary/aromatic N) is 2. The van der Waals surface area contributed by atoms with Gasteiger partial charge < -0.3 is 5.32 Å². The number of hydrogen-bond donors (Lipinski definition) is 2. The summed E-state index contributed by atoms with van der Waals surface area (Å²) in [6.45, 7) is 7.64. The van der Waals surface area contributed by atoms with Gasteiger partial charge in [-0.3, -0.25) is 4.68 Å². The van der Waals surface area contributed by atoms with Gasteiger partial charge in [0, 0.05) is 6.54 Å². The van der Waals surface area contributed by atoms with Crippen molar-refractivity contribution in [2.75, 3.05) is 13.1 Å². The van der Waals surface area contributed by atoms with Gasteiger partial charge in [0.05, 0.1) is 17.9 Å². The summed E-state index contributed by atoms with van der Waals surface area (Å²) in [5.74, 6) is 0. The maximum atomic E-state index is 11.3. The van der Waals surface area contributed by atoms with Gasteiger partial charge in [0.1, 0.15) is 4.90 Å². The van der Waals surface area contributed by atoms with Crippen molar-refractivity contribution in [3.8, 4) is 0 Å². The van der Waals surface area contributed by atoms with Crippen LogP contribution in [0.1, 0.15) is 18.3 Å². The Balaban J connectivity index is 2.99. The predicted molar refractivity (Wildman–Crippen MR) is 61.6 cm³/mol. The first-order chi connectivity index (χ1) is 7.38. The fourth-order valence-electron chi connectivity index (χ4n) is 1.67. The number of nitrogens with one attached hydrogen (secondary N) is 1. The van der Waals surface area contributed by atoms with E-state index in [-0.39, 0.29) is 4.90 Å². The zero-order valence-electron chi connectivity index (χ0n) is 9.82. The molecule has 0 spiro atoms. The third-order valence-electron chi connectivity index (χ3n) is 2.35. The summed E-state index contributed by atoms with van der Waals surface area (Å²) in [5.41, 5.74) is 1.05. The van der Waals surface area contributed by atoms with Crippen LogP contribution in [-0.2, 0) is 16.6 Å². The lowest BCUT2D eigenvalue weighted by Crippen LogP contribution is -2.21. The number of primary sulfonamides is 1. The number of sulfonamides is 1. The summed E-state index contributed by atoms with van der Waals surface area (Å²) in [7, 11) is -3.68. The van der Waals surface area contributed by atoms with Gasteiger partial charge in [-0.2, -0.15) is 5.10 Å². The summed E-state index contributed by atoms with van der Waals surface area (Å²) in [6.07, 6.45) is 0. The van der Waals surface area contributed by atoms with E-state index in [2.05, 4.69) is 10.4 Å². The number of rotatable bonds is 5. The lowest BCUT2D eigenvalue weighted by molar-refractivity contribution is 0.550. The molecule has 0 aliphatic carbocycles. The molecule has 0 aliphatic heterocycles. The van der Waals surface area contributed by atoms with Crippen LogP contribution >= 0.6 is 0 Å². The molecular formula is C9H18N4O2S. The van der Waals surface area contributed by atoms with Gasteiger partial charge in [0.15, 0.2) is 0 Å². The van der Waals surface area contributed by atoms with Crippen LogP contribution in [0.2, 0.25) is 0 Å². The molecule has 1 heterocycles. The van der Waals surface area contributed by atoms with Crippen molar-refractivity contribution >= 4 is 10.0 Å². The zero-order valence-corrected chi connectivity index (χ0v) is 10.6. The Morgan fingerprint density at radius 2 is 2.06 bits per heavy atom. The number of hydrogen-bond acceptors (Lipinski definition) is 4. The molecule has 0 saturated heterocycles. The molecule has 0 radical (unpaired) electrons. The highest BCUT2D eigenvalue weighted by Crippen LogP contribution is 2.17. The lowest BCUT2D eigenvalue weighted by atomic mass is 10.4. The second kappa shape index (κ2) is 4.94. The van der Waals surface area contributed by atoms with Gasteiger partial charge in [-0.15, -0.1) is 0 Å². The average Bonchev–Trinajstić information content (AvgIpc) is 2.41. The van der Waals surface area contributed by atoms with Crippen molar-refractivity contribution in [3.05, 3.63) is 11.4 Å². The second-order valence-corrected chi connectivity index (χ2v) is 5.12. The van der Waals surface area contributed by atoms with Crippen molar-refractivity contribution in [3.63, 3.8) is 0 Å². The van der Waals surface area contributed by atoms with Gasteiger partial charge in [-0.05, 0) is 20.4 Å². The smallest absolute Gasteiger partial charge is 0.241 e. The summed E-state index contributed by atoms with van der Waals surface area (Å²) in [4.78, 5) is 0.143. The van der Waals surface area contributed by atoms with E-state index in [0.717, 1.165) is 13.1 Å². The molecule has 92 valence electrons. The van der Waals surface area contributed by atoms with Crippen LogP contribution in [0.3, 0.4) is 0 Å². The molecule has 0 atom stereocenters. The molecule has 0 fully saturated rings. The van der Waals surface area contributed by atoms with Crippen LogP contribution in [0.4, 0.5) is 0 Å². The number of aromatic nitrogens is 2. The second-order valence-electron chi connectivity index (χ2n) is 3.62. The van der Waals surface area contributed by atoms with E-state index in [0.29, 0.717) is 17.9 Å². The maximum Gasteiger partial charge on any atom is 0.241 e. The summed E-state index contributed by atoms with van der Waals surface area (Å²) in [5, 5.41) is 12.4. The van der Waals surface area contributed by atoms with Crippen molar-refractivity contribution in [1.29, 1.82) is 0 Å². The molecule has 16 heavy (non-hydrogen) atoms. The Bertz CT molecular complexity index is 464. The highest BCUT2D eigenvalue weighted by Gasteiger charge is 2.20. The first-order valence-electron chi connectivity index (χ1n) is 5.15. The molecule has 6 nitrogen and oxygen atoms in total. The summed E-state index contributed by atoms with van der Waals surface area (Å²) in [6, 6.07) is 0. The molecular weight excluding hydrogens is 228 g/mol. The Hall–Kier alpha value is -0.920. The third kappa shape index (κ3) is 2.81. The van der Waals surface area contributed by atoms with Crippen LogP contribution in [0.15, 0.2) is 4.90 Å². The van der Waals surface area contributed by atoms with Crippen LogP contribution in [0.25, 0.3) is 0 Å². The average molecular weight is 246 g/mol. The van der Waals surface area contributed by atoms with Crippen molar-refractivity contribution in [2.24, 2.45) is 5.14 Å². The molecule has 0 aliphatic rings. The Morgan fingerprint density at radius 3 is 2.50 bits per heavy atom. The number of likely N-dealkylation sites (N-methyl/N-ethyl adjacent to an activating group) is 1. The topological polar surface area (TPSA) is 90.0 Å². The van der Waals surface area contributed by atoms with Crippen LogP contribution in [0, 0.1) is 13.8 Å². The molecule has 7 heteroatoms. The van der Waals surface area contributed by atoms with Gasteiger partial charge in [-0.25, -0.2) is 13.6 Å². The first kappa shape index (κ1) is 13.1.